The van der Waals surface area contributed by atoms with E-state index in [9.17, 15) is 13.2 Å². The number of rotatable bonds is 10. The molecule has 2 aliphatic rings. The molecule has 222 valence electrons. The number of likely N-dealkylation sites (tertiary alicyclic amines) is 1. The Kier molecular flexibility index (Phi) is 10.3. The summed E-state index contributed by atoms with van der Waals surface area (Å²) in [5, 5.41) is 1.29. The molecule has 9 heteroatoms. The van der Waals surface area contributed by atoms with Gasteiger partial charge in [0.15, 0.2) is 0 Å². The Hall–Kier alpha value is -2.58. The Balaban J connectivity index is 1.34. The molecule has 0 atom stereocenters. The second-order valence-electron chi connectivity index (χ2n) is 11.4. The van der Waals surface area contributed by atoms with E-state index < -0.39 is 11.7 Å². The predicted molar refractivity (Wildman–Crippen MR) is 159 cm³/mol. The zero-order valence-corrected chi connectivity index (χ0v) is 24.4. The van der Waals surface area contributed by atoms with Crippen molar-refractivity contribution in [3.8, 4) is 5.75 Å². The molecule has 3 heterocycles. The molecule has 41 heavy (non-hydrogen) atoms. The maximum atomic E-state index is 13.5. The zero-order chi connectivity index (χ0) is 28.7. The highest BCUT2D eigenvalue weighted by atomic mass is 35.5. The molecule has 1 aromatic carbocycles. The number of alkyl halides is 3. The lowest BCUT2D eigenvalue weighted by Crippen LogP contribution is -2.32. The standard InChI is InChI=1S/C32H40ClF3N4O/c33-28-23-27(41-20-14-24-9-4-1-2-5-10-24)21-25-11-12-29(38-31(25)28)40(19-8-18-39-16-6-3-7-17-39)30-22-26(13-15-37-30)32(34,35)36/h11-13,15,21-24H,1-10,14,16-20H2. The summed E-state index contributed by atoms with van der Waals surface area (Å²) in [5.41, 5.74) is -0.138. The molecule has 0 unspecified atom stereocenters. The van der Waals surface area contributed by atoms with E-state index in [0.29, 0.717) is 35.3 Å². The number of ether oxygens (including phenoxy) is 1. The Morgan fingerprint density at radius 1 is 0.927 bits per heavy atom. The molecule has 1 saturated carbocycles. The van der Waals surface area contributed by atoms with Gasteiger partial charge in [-0.25, -0.2) is 9.97 Å². The van der Waals surface area contributed by atoms with Gasteiger partial charge in [0, 0.05) is 24.2 Å². The van der Waals surface area contributed by atoms with Crippen molar-refractivity contribution in [1.82, 2.24) is 14.9 Å². The molecule has 5 nitrogen and oxygen atoms in total. The number of fused-ring (bicyclic) bond motifs is 1. The molecule has 1 saturated heterocycles. The molecule has 3 aromatic rings. The minimum atomic E-state index is -4.45. The first-order valence-electron chi connectivity index (χ1n) is 15.1. The molecule has 0 radical (unpaired) electrons. The van der Waals surface area contributed by atoms with E-state index in [1.54, 1.807) is 11.0 Å². The lowest BCUT2D eigenvalue weighted by Gasteiger charge is -2.28. The number of benzene rings is 1. The Labute approximate surface area is 246 Å². The van der Waals surface area contributed by atoms with Crippen LogP contribution in [0.3, 0.4) is 0 Å². The fourth-order valence-electron chi connectivity index (χ4n) is 6.11. The first-order valence-corrected chi connectivity index (χ1v) is 15.5. The van der Waals surface area contributed by atoms with E-state index >= 15 is 0 Å². The van der Waals surface area contributed by atoms with E-state index in [1.807, 2.05) is 18.2 Å². The van der Waals surface area contributed by atoms with Gasteiger partial charge in [0.2, 0.25) is 0 Å². The molecular weight excluding hydrogens is 549 g/mol. The first-order chi connectivity index (χ1) is 19.9. The van der Waals surface area contributed by atoms with Gasteiger partial charge in [0.25, 0.3) is 0 Å². The van der Waals surface area contributed by atoms with Crippen molar-refractivity contribution in [3.63, 3.8) is 0 Å². The number of halogens is 4. The van der Waals surface area contributed by atoms with Gasteiger partial charge in [-0.3, -0.25) is 0 Å². The van der Waals surface area contributed by atoms with Gasteiger partial charge >= 0.3 is 6.18 Å². The van der Waals surface area contributed by atoms with Gasteiger partial charge in [-0.05, 0) is 81.6 Å². The van der Waals surface area contributed by atoms with Gasteiger partial charge in [-0.2, -0.15) is 13.2 Å². The van der Waals surface area contributed by atoms with Crippen molar-refractivity contribution in [3.05, 3.63) is 53.2 Å². The van der Waals surface area contributed by atoms with E-state index in [4.69, 9.17) is 21.3 Å². The average Bonchev–Trinajstić information content (AvgIpc) is 3.25. The van der Waals surface area contributed by atoms with Crippen LogP contribution >= 0.6 is 11.6 Å². The van der Waals surface area contributed by atoms with E-state index in [1.165, 1.54) is 64.0 Å². The molecule has 0 spiro atoms. The lowest BCUT2D eigenvalue weighted by molar-refractivity contribution is -0.137. The quantitative estimate of drug-likeness (QED) is 0.221. The monoisotopic (exact) mass is 588 g/mol. The molecule has 0 bridgehead atoms. The summed E-state index contributed by atoms with van der Waals surface area (Å²) in [4.78, 5) is 13.3. The van der Waals surface area contributed by atoms with Crippen LogP contribution in [-0.2, 0) is 6.18 Å². The second-order valence-corrected chi connectivity index (χ2v) is 11.9. The summed E-state index contributed by atoms with van der Waals surface area (Å²) in [7, 11) is 0. The van der Waals surface area contributed by atoms with Crippen LogP contribution in [-0.4, -0.2) is 47.7 Å². The molecule has 1 aliphatic carbocycles. The molecule has 0 N–H and O–H groups in total. The van der Waals surface area contributed by atoms with Crippen LogP contribution in [0.4, 0.5) is 24.8 Å². The van der Waals surface area contributed by atoms with Crippen molar-refractivity contribution in [1.29, 1.82) is 0 Å². The van der Waals surface area contributed by atoms with Crippen molar-refractivity contribution in [2.24, 2.45) is 5.92 Å². The van der Waals surface area contributed by atoms with Crippen LogP contribution < -0.4 is 9.64 Å². The third-order valence-electron chi connectivity index (χ3n) is 8.40. The fourth-order valence-corrected chi connectivity index (χ4v) is 6.37. The summed E-state index contributed by atoms with van der Waals surface area (Å²) >= 11 is 6.69. The lowest BCUT2D eigenvalue weighted by atomic mass is 9.97. The number of aromatic nitrogens is 2. The number of hydrogen-bond acceptors (Lipinski definition) is 5. The van der Waals surface area contributed by atoms with Crippen molar-refractivity contribution in [2.75, 3.05) is 37.7 Å². The SMILES string of the molecule is FC(F)(F)c1ccnc(N(CCCN2CCCCC2)c2ccc3cc(OCCC4CCCCCC4)cc(Cl)c3n2)c1. The van der Waals surface area contributed by atoms with Crippen LogP contribution in [0.2, 0.25) is 5.02 Å². The number of piperidine rings is 1. The van der Waals surface area contributed by atoms with E-state index in [2.05, 4.69) is 9.88 Å². The second kappa shape index (κ2) is 14.1. The van der Waals surface area contributed by atoms with Crippen LogP contribution in [0.1, 0.15) is 76.2 Å². The Morgan fingerprint density at radius 2 is 1.68 bits per heavy atom. The molecule has 1 aliphatic heterocycles. The van der Waals surface area contributed by atoms with Crippen LogP contribution in [0.5, 0.6) is 5.75 Å². The maximum absolute atomic E-state index is 13.5. The van der Waals surface area contributed by atoms with Crippen molar-refractivity contribution >= 4 is 34.1 Å². The van der Waals surface area contributed by atoms with Gasteiger partial charge in [-0.1, -0.05) is 56.5 Å². The number of pyridine rings is 2. The molecular formula is C32H40ClF3N4O. The topological polar surface area (TPSA) is 41.5 Å². The summed E-state index contributed by atoms with van der Waals surface area (Å²) in [6, 6.07) is 9.56. The Bertz CT molecular complexity index is 1270. The predicted octanol–water partition coefficient (Wildman–Crippen LogP) is 9.06. The van der Waals surface area contributed by atoms with Crippen molar-refractivity contribution in [2.45, 2.75) is 76.8 Å². The largest absolute Gasteiger partial charge is 0.494 e. The van der Waals surface area contributed by atoms with E-state index in [-0.39, 0.29) is 5.82 Å². The Morgan fingerprint density at radius 3 is 2.44 bits per heavy atom. The molecule has 2 aromatic heterocycles. The van der Waals surface area contributed by atoms with Crippen LogP contribution in [0.15, 0.2) is 42.6 Å². The molecule has 5 rings (SSSR count). The maximum Gasteiger partial charge on any atom is 0.416 e. The summed E-state index contributed by atoms with van der Waals surface area (Å²) in [6.07, 6.45) is 10.1. The zero-order valence-electron chi connectivity index (χ0n) is 23.6. The summed E-state index contributed by atoms with van der Waals surface area (Å²) in [6.45, 7) is 4.16. The third-order valence-corrected chi connectivity index (χ3v) is 8.69. The van der Waals surface area contributed by atoms with Gasteiger partial charge in [0.1, 0.15) is 17.4 Å². The van der Waals surface area contributed by atoms with Gasteiger partial charge in [0.05, 0.1) is 22.7 Å². The molecule has 2 fully saturated rings. The van der Waals surface area contributed by atoms with Gasteiger partial charge < -0.3 is 14.5 Å². The number of nitrogens with zero attached hydrogens (tertiary/aromatic N) is 4. The molecule has 0 amide bonds. The third kappa shape index (κ3) is 8.25. The van der Waals surface area contributed by atoms with E-state index in [0.717, 1.165) is 55.9 Å². The minimum Gasteiger partial charge on any atom is -0.494 e. The number of anilines is 2. The van der Waals surface area contributed by atoms with Gasteiger partial charge in [-0.15, -0.1) is 0 Å². The average molecular weight is 589 g/mol. The highest BCUT2D eigenvalue weighted by Gasteiger charge is 2.31. The van der Waals surface area contributed by atoms with Crippen LogP contribution in [0.25, 0.3) is 10.9 Å². The van der Waals surface area contributed by atoms with Crippen molar-refractivity contribution < 1.29 is 17.9 Å². The summed E-state index contributed by atoms with van der Waals surface area (Å²) in [5.74, 6) is 2.18. The smallest absolute Gasteiger partial charge is 0.416 e. The first kappa shape index (κ1) is 29.9. The normalized spacial score (nSPS) is 17.5. The fraction of sp³-hybridized carbons (Fsp3) is 0.562. The minimum absolute atomic E-state index is 0.222. The highest BCUT2D eigenvalue weighted by molar-refractivity contribution is 6.35. The number of hydrogen-bond donors (Lipinski definition) is 0. The van der Waals surface area contributed by atoms with Crippen LogP contribution in [0, 0.1) is 5.92 Å². The summed E-state index contributed by atoms with van der Waals surface area (Å²) < 4.78 is 46.7. The highest BCUT2D eigenvalue weighted by Crippen LogP contribution is 2.35.